The van der Waals surface area contributed by atoms with Crippen molar-refractivity contribution in [2.75, 3.05) is 13.1 Å². The molecule has 0 amide bonds. The third kappa shape index (κ3) is 3.52. The van der Waals surface area contributed by atoms with Gasteiger partial charge in [0, 0.05) is 24.5 Å². The Bertz CT molecular complexity index is 786. The minimum absolute atomic E-state index is 0.471. The summed E-state index contributed by atoms with van der Waals surface area (Å²) in [7, 11) is 0. The van der Waals surface area contributed by atoms with Gasteiger partial charge in [-0.3, -0.25) is 4.90 Å². The summed E-state index contributed by atoms with van der Waals surface area (Å²) in [6, 6.07) is 16.6. The van der Waals surface area contributed by atoms with E-state index in [0.29, 0.717) is 18.0 Å². The van der Waals surface area contributed by atoms with Crippen molar-refractivity contribution in [1.82, 2.24) is 10.2 Å². The lowest BCUT2D eigenvalue weighted by Crippen LogP contribution is -2.64. The molecule has 4 heteroatoms. The Morgan fingerprint density at radius 1 is 0.926 bits per heavy atom. The number of hydrogen-bond acceptors (Lipinski definition) is 4. The van der Waals surface area contributed by atoms with Crippen molar-refractivity contribution in [2.24, 2.45) is 5.92 Å². The van der Waals surface area contributed by atoms with E-state index in [1.165, 1.54) is 42.6 Å². The van der Waals surface area contributed by atoms with Crippen LogP contribution >= 0.6 is 22.7 Å². The molecule has 0 spiro atoms. The summed E-state index contributed by atoms with van der Waals surface area (Å²) in [5, 5.41) is 13.2. The molecule has 2 nitrogen and oxygen atoms in total. The molecular weight excluding hydrogens is 368 g/mol. The van der Waals surface area contributed by atoms with Gasteiger partial charge in [0.05, 0.1) is 0 Å². The van der Waals surface area contributed by atoms with E-state index in [1.807, 2.05) is 22.7 Å². The highest BCUT2D eigenvalue weighted by molar-refractivity contribution is 7.08. The number of nitrogens with zero attached hydrogens (tertiary/aromatic N) is 1. The lowest BCUT2D eigenvalue weighted by atomic mass is 9.71. The highest BCUT2D eigenvalue weighted by Crippen LogP contribution is 2.43. The third-order valence-corrected chi connectivity index (χ3v) is 7.81. The number of nitrogens with one attached hydrogen (secondary N) is 1. The van der Waals surface area contributed by atoms with E-state index in [-0.39, 0.29) is 0 Å². The average Bonchev–Trinajstić information content (AvgIpc) is 3.44. The quantitative estimate of drug-likeness (QED) is 0.619. The minimum atomic E-state index is 0.471. The van der Waals surface area contributed by atoms with Crippen LogP contribution in [0.4, 0.5) is 0 Å². The van der Waals surface area contributed by atoms with Crippen LogP contribution in [-0.2, 0) is 6.54 Å². The summed E-state index contributed by atoms with van der Waals surface area (Å²) in [6.07, 6.45) is 2.67. The molecule has 6 rings (SSSR count). The summed E-state index contributed by atoms with van der Waals surface area (Å²) in [6.45, 7) is 3.47. The van der Waals surface area contributed by atoms with Gasteiger partial charge in [-0.1, -0.05) is 30.3 Å². The van der Waals surface area contributed by atoms with Crippen LogP contribution in [0.2, 0.25) is 0 Å². The van der Waals surface area contributed by atoms with Gasteiger partial charge in [-0.2, -0.15) is 22.7 Å². The summed E-state index contributed by atoms with van der Waals surface area (Å²) < 4.78 is 0. The zero-order valence-electron chi connectivity index (χ0n) is 15.5. The van der Waals surface area contributed by atoms with Crippen molar-refractivity contribution in [3.05, 3.63) is 80.7 Å². The van der Waals surface area contributed by atoms with Crippen LogP contribution in [0.15, 0.2) is 64.0 Å². The van der Waals surface area contributed by atoms with E-state index >= 15 is 0 Å². The molecule has 2 atom stereocenters. The van der Waals surface area contributed by atoms with Gasteiger partial charge in [0.2, 0.25) is 0 Å². The largest absolute Gasteiger partial charge is 0.308 e. The average molecular weight is 395 g/mol. The fraction of sp³-hybridized carbons (Fsp3) is 0.391. The first-order chi connectivity index (χ1) is 13.4. The van der Waals surface area contributed by atoms with Gasteiger partial charge in [-0.05, 0) is 82.2 Å². The first-order valence-corrected chi connectivity index (χ1v) is 11.8. The molecule has 0 unspecified atom stereocenters. The lowest BCUT2D eigenvalue weighted by Gasteiger charge is -2.54. The van der Waals surface area contributed by atoms with E-state index < -0.39 is 0 Å². The lowest BCUT2D eigenvalue weighted by molar-refractivity contribution is 0.00478. The molecule has 0 radical (unpaired) electrons. The van der Waals surface area contributed by atoms with Gasteiger partial charge in [0.15, 0.2) is 0 Å². The maximum absolute atomic E-state index is 3.99. The molecule has 0 saturated carbocycles. The van der Waals surface area contributed by atoms with E-state index in [9.17, 15) is 0 Å². The fourth-order valence-corrected chi connectivity index (χ4v) is 6.50. The molecule has 2 aromatic heterocycles. The Kier molecular flexibility index (Phi) is 5.14. The van der Waals surface area contributed by atoms with Crippen LogP contribution in [0.5, 0.6) is 0 Å². The van der Waals surface area contributed by atoms with Crippen LogP contribution in [0.25, 0.3) is 0 Å². The topological polar surface area (TPSA) is 15.3 Å². The standard InChI is InChI=1S/C23H26N2S2/c1-2-4-17(5-3-1)14-24-22-18-6-10-25(11-7-18)23(22)21(19-8-12-26-15-19)20-9-13-27-16-20/h1-5,8-9,12-13,15-16,18,21-24H,6-7,10-11,14H2/t22-,23+/m1/s1. The molecule has 1 aromatic carbocycles. The van der Waals surface area contributed by atoms with Crippen LogP contribution in [0.1, 0.15) is 35.4 Å². The van der Waals surface area contributed by atoms with Crippen molar-refractivity contribution < 1.29 is 0 Å². The molecule has 3 aliphatic heterocycles. The molecule has 3 fully saturated rings. The number of piperidine rings is 3. The van der Waals surface area contributed by atoms with Crippen LogP contribution < -0.4 is 5.32 Å². The van der Waals surface area contributed by atoms with Crippen LogP contribution in [0.3, 0.4) is 0 Å². The second-order valence-electron chi connectivity index (χ2n) is 7.85. The number of thiophene rings is 2. The molecule has 3 aliphatic rings. The molecular formula is C23H26N2S2. The van der Waals surface area contributed by atoms with E-state index in [4.69, 9.17) is 0 Å². The molecule has 27 heavy (non-hydrogen) atoms. The monoisotopic (exact) mass is 394 g/mol. The smallest absolute Gasteiger partial charge is 0.0361 e. The van der Waals surface area contributed by atoms with Crippen LogP contribution in [-0.4, -0.2) is 30.1 Å². The molecule has 0 aliphatic carbocycles. The number of benzene rings is 1. The third-order valence-electron chi connectivity index (χ3n) is 6.40. The Morgan fingerprint density at radius 3 is 2.19 bits per heavy atom. The maximum Gasteiger partial charge on any atom is 0.0361 e. The Morgan fingerprint density at radius 2 is 1.59 bits per heavy atom. The normalized spacial score (nSPS) is 27.3. The molecule has 1 N–H and O–H groups in total. The highest BCUT2D eigenvalue weighted by Gasteiger charge is 2.46. The number of rotatable bonds is 6. The SMILES string of the molecule is c1ccc(CN[C@@H]2C3CCN(CC3)[C@H]2C(c2ccsc2)c2ccsc2)cc1. The Hall–Kier alpha value is -1.46. The predicted molar refractivity (Wildman–Crippen MR) is 116 cm³/mol. The Labute approximate surface area is 169 Å². The second-order valence-corrected chi connectivity index (χ2v) is 9.41. The number of fused-ring (bicyclic) bond motifs is 3. The van der Waals surface area contributed by atoms with Gasteiger partial charge in [0.1, 0.15) is 0 Å². The first kappa shape index (κ1) is 17.6. The van der Waals surface area contributed by atoms with E-state index in [2.05, 4.69) is 74.2 Å². The molecule has 5 heterocycles. The molecule has 3 aromatic rings. The van der Waals surface area contributed by atoms with Gasteiger partial charge in [-0.15, -0.1) is 0 Å². The van der Waals surface area contributed by atoms with Gasteiger partial charge >= 0.3 is 0 Å². The van der Waals surface area contributed by atoms with Crippen molar-refractivity contribution in [1.29, 1.82) is 0 Å². The van der Waals surface area contributed by atoms with E-state index in [0.717, 1.165) is 12.5 Å². The second kappa shape index (κ2) is 7.88. The zero-order chi connectivity index (χ0) is 18.1. The predicted octanol–water partition coefficient (Wildman–Crippen LogP) is 5.19. The molecule has 140 valence electrons. The number of hydrogen-bond donors (Lipinski definition) is 1. The fourth-order valence-electron chi connectivity index (χ4n) is 5.11. The molecule has 3 saturated heterocycles. The van der Waals surface area contributed by atoms with Gasteiger partial charge in [-0.25, -0.2) is 0 Å². The Balaban J connectivity index is 1.47. The maximum atomic E-state index is 3.99. The molecule has 2 bridgehead atoms. The van der Waals surface area contributed by atoms with Crippen molar-refractivity contribution in [3.8, 4) is 0 Å². The van der Waals surface area contributed by atoms with Crippen molar-refractivity contribution in [2.45, 2.75) is 37.4 Å². The van der Waals surface area contributed by atoms with E-state index in [1.54, 1.807) is 0 Å². The summed E-state index contributed by atoms with van der Waals surface area (Å²) in [5.74, 6) is 1.27. The van der Waals surface area contributed by atoms with Crippen molar-refractivity contribution >= 4 is 22.7 Å². The first-order valence-electron chi connectivity index (χ1n) is 9.96. The summed E-state index contributed by atoms with van der Waals surface area (Å²) in [4.78, 5) is 2.77. The minimum Gasteiger partial charge on any atom is -0.308 e. The summed E-state index contributed by atoms with van der Waals surface area (Å²) >= 11 is 3.65. The highest BCUT2D eigenvalue weighted by atomic mass is 32.1. The van der Waals surface area contributed by atoms with Crippen molar-refractivity contribution in [3.63, 3.8) is 0 Å². The van der Waals surface area contributed by atoms with Gasteiger partial charge < -0.3 is 5.32 Å². The summed E-state index contributed by atoms with van der Waals surface area (Å²) in [5.41, 5.74) is 4.36. The zero-order valence-corrected chi connectivity index (χ0v) is 17.1. The van der Waals surface area contributed by atoms with Crippen LogP contribution in [0, 0.1) is 5.92 Å². The van der Waals surface area contributed by atoms with Gasteiger partial charge in [0.25, 0.3) is 0 Å².